The third-order valence-corrected chi connectivity index (χ3v) is 5.43. The van der Waals surface area contributed by atoms with E-state index in [4.69, 9.17) is 11.6 Å². The molecule has 1 N–H and O–H groups in total. The zero-order valence-corrected chi connectivity index (χ0v) is 16.2. The Balaban J connectivity index is 1.55. The molecule has 0 radical (unpaired) electrons. The predicted molar refractivity (Wildman–Crippen MR) is 108 cm³/mol. The van der Waals surface area contributed by atoms with Crippen molar-refractivity contribution in [1.29, 1.82) is 0 Å². The number of hydrogen-bond donors (Lipinski definition) is 1. The summed E-state index contributed by atoms with van der Waals surface area (Å²) in [7, 11) is 0. The smallest absolute Gasteiger partial charge is 0.269 e. The van der Waals surface area contributed by atoms with Gasteiger partial charge in [-0.1, -0.05) is 29.8 Å². The molecule has 1 amide bonds. The molecule has 5 nitrogen and oxygen atoms in total. The van der Waals surface area contributed by atoms with Gasteiger partial charge in [0, 0.05) is 35.6 Å². The summed E-state index contributed by atoms with van der Waals surface area (Å²) in [6.07, 6.45) is 6.12. The molecule has 27 heavy (non-hydrogen) atoms. The highest BCUT2D eigenvalue weighted by Crippen LogP contribution is 2.29. The van der Waals surface area contributed by atoms with E-state index in [1.54, 1.807) is 12.4 Å². The lowest BCUT2D eigenvalue weighted by Crippen LogP contribution is -2.34. The quantitative estimate of drug-likeness (QED) is 0.541. The van der Waals surface area contributed by atoms with E-state index in [0.717, 1.165) is 28.2 Å². The molecule has 0 spiro atoms. The first-order valence-electron chi connectivity index (χ1n) is 8.53. The second-order valence-electron chi connectivity index (χ2n) is 6.31. The third-order valence-electron chi connectivity index (χ3n) is 4.26. The van der Waals surface area contributed by atoms with E-state index >= 15 is 0 Å². The normalized spacial score (nSPS) is 12.2. The first kappa shape index (κ1) is 17.7. The van der Waals surface area contributed by atoms with E-state index in [0.29, 0.717) is 10.7 Å². The van der Waals surface area contributed by atoms with Gasteiger partial charge in [-0.05, 0) is 37.1 Å². The minimum atomic E-state index is -0.120. The molecule has 7 heteroatoms. The van der Waals surface area contributed by atoms with Crippen molar-refractivity contribution in [3.05, 3.63) is 76.6 Å². The van der Waals surface area contributed by atoms with E-state index in [9.17, 15) is 4.79 Å². The van der Waals surface area contributed by atoms with Crippen molar-refractivity contribution in [3.8, 4) is 11.3 Å². The van der Waals surface area contributed by atoms with Crippen molar-refractivity contribution in [1.82, 2.24) is 19.7 Å². The van der Waals surface area contributed by atoms with Gasteiger partial charge in [0.2, 0.25) is 0 Å². The molecule has 4 aromatic rings. The van der Waals surface area contributed by atoms with Gasteiger partial charge < -0.3 is 5.32 Å². The summed E-state index contributed by atoms with van der Waals surface area (Å²) in [4.78, 5) is 22.1. The first-order chi connectivity index (χ1) is 13.1. The van der Waals surface area contributed by atoms with Crippen LogP contribution in [0.3, 0.4) is 0 Å². The number of hydrogen-bond acceptors (Lipinski definition) is 4. The number of fused-ring (bicyclic) bond motifs is 1. The lowest BCUT2D eigenvalue weighted by molar-refractivity contribution is 0.0934. The Morgan fingerprint density at radius 1 is 1.26 bits per heavy atom. The van der Waals surface area contributed by atoms with Gasteiger partial charge in [-0.2, -0.15) is 0 Å². The average Bonchev–Trinajstić information content (AvgIpc) is 3.23. The van der Waals surface area contributed by atoms with Crippen LogP contribution in [0.5, 0.6) is 0 Å². The molecule has 0 saturated heterocycles. The zero-order chi connectivity index (χ0) is 18.8. The Hall–Kier alpha value is -2.70. The number of benzene rings is 1. The van der Waals surface area contributed by atoms with Gasteiger partial charge >= 0.3 is 0 Å². The average molecular weight is 397 g/mol. The molecule has 0 fully saturated rings. The van der Waals surface area contributed by atoms with E-state index in [1.165, 1.54) is 11.3 Å². The standard InChI is InChI=1S/C20H17ClN4OS/c1-13(10-14-6-8-22-9-7-14)23-19(26)18-12-27-20-24-17(11-25(18)20)15-4-2-3-5-16(15)21/h2-9,11-13H,10H2,1H3,(H,23,26). The zero-order valence-electron chi connectivity index (χ0n) is 14.6. The Morgan fingerprint density at radius 3 is 2.81 bits per heavy atom. The molecule has 3 aromatic heterocycles. The Bertz CT molecular complexity index is 1090. The monoisotopic (exact) mass is 396 g/mol. The maximum atomic E-state index is 12.7. The number of nitrogens with zero attached hydrogens (tertiary/aromatic N) is 3. The number of nitrogens with one attached hydrogen (secondary N) is 1. The summed E-state index contributed by atoms with van der Waals surface area (Å²) in [5.74, 6) is -0.120. The van der Waals surface area contributed by atoms with Crippen LogP contribution in [0.1, 0.15) is 23.0 Å². The third kappa shape index (κ3) is 3.72. The lowest BCUT2D eigenvalue weighted by atomic mass is 10.1. The van der Waals surface area contributed by atoms with Crippen LogP contribution >= 0.6 is 22.9 Å². The fourth-order valence-corrected chi connectivity index (χ4v) is 4.05. The fraction of sp³-hybridized carbons (Fsp3) is 0.150. The molecule has 1 unspecified atom stereocenters. The Kier molecular flexibility index (Phi) is 4.92. The van der Waals surface area contributed by atoms with Gasteiger partial charge in [0.05, 0.1) is 10.7 Å². The van der Waals surface area contributed by atoms with Crippen LogP contribution in [0.4, 0.5) is 0 Å². The molecule has 0 aliphatic heterocycles. The van der Waals surface area contributed by atoms with Gasteiger partial charge in [0.15, 0.2) is 4.96 Å². The fourth-order valence-electron chi connectivity index (χ4n) is 2.97. The van der Waals surface area contributed by atoms with Crippen molar-refractivity contribution in [2.24, 2.45) is 0 Å². The summed E-state index contributed by atoms with van der Waals surface area (Å²) in [6.45, 7) is 1.99. The second kappa shape index (κ2) is 7.50. The van der Waals surface area contributed by atoms with Gasteiger partial charge in [0.1, 0.15) is 5.69 Å². The van der Waals surface area contributed by atoms with Crippen molar-refractivity contribution in [2.75, 3.05) is 0 Å². The van der Waals surface area contributed by atoms with Crippen LogP contribution in [0.2, 0.25) is 5.02 Å². The highest BCUT2D eigenvalue weighted by molar-refractivity contribution is 7.15. The number of pyridine rings is 1. The van der Waals surface area contributed by atoms with Crippen LogP contribution in [-0.4, -0.2) is 26.3 Å². The highest BCUT2D eigenvalue weighted by atomic mass is 35.5. The summed E-state index contributed by atoms with van der Waals surface area (Å²) < 4.78 is 1.82. The molecule has 0 aliphatic rings. The molecule has 1 aromatic carbocycles. The second-order valence-corrected chi connectivity index (χ2v) is 7.56. The lowest BCUT2D eigenvalue weighted by Gasteiger charge is -2.13. The van der Waals surface area contributed by atoms with E-state index in [2.05, 4.69) is 15.3 Å². The number of carbonyl (C=O) groups excluding carboxylic acids is 1. The number of halogens is 1. The van der Waals surface area contributed by atoms with Crippen molar-refractivity contribution in [2.45, 2.75) is 19.4 Å². The van der Waals surface area contributed by atoms with Crippen LogP contribution < -0.4 is 5.32 Å². The Morgan fingerprint density at radius 2 is 2.04 bits per heavy atom. The number of aromatic nitrogens is 3. The minimum absolute atomic E-state index is 0.00131. The maximum Gasteiger partial charge on any atom is 0.269 e. The molecule has 1 atom stereocenters. The van der Waals surface area contributed by atoms with Crippen LogP contribution in [0.15, 0.2) is 60.4 Å². The molecule has 0 saturated carbocycles. The Labute approximate surface area is 165 Å². The molecule has 0 bridgehead atoms. The van der Waals surface area contributed by atoms with Crippen molar-refractivity contribution < 1.29 is 4.79 Å². The predicted octanol–water partition coefficient (Wildman–Crippen LogP) is 4.47. The summed E-state index contributed by atoms with van der Waals surface area (Å²) in [6, 6.07) is 11.5. The number of amides is 1. The van der Waals surface area contributed by atoms with Crippen LogP contribution in [0.25, 0.3) is 16.2 Å². The summed E-state index contributed by atoms with van der Waals surface area (Å²) in [5.41, 5.74) is 3.32. The molecule has 136 valence electrons. The summed E-state index contributed by atoms with van der Waals surface area (Å²) in [5, 5.41) is 5.52. The number of carbonyl (C=O) groups is 1. The van der Waals surface area contributed by atoms with Crippen molar-refractivity contribution in [3.63, 3.8) is 0 Å². The highest BCUT2D eigenvalue weighted by Gasteiger charge is 2.17. The van der Waals surface area contributed by atoms with Gasteiger partial charge in [-0.15, -0.1) is 11.3 Å². The van der Waals surface area contributed by atoms with Gasteiger partial charge in [0.25, 0.3) is 5.91 Å². The van der Waals surface area contributed by atoms with E-state index in [-0.39, 0.29) is 11.9 Å². The summed E-state index contributed by atoms with van der Waals surface area (Å²) >= 11 is 7.71. The maximum absolute atomic E-state index is 12.7. The number of imidazole rings is 1. The SMILES string of the molecule is CC(Cc1ccncc1)NC(=O)c1csc2nc(-c3ccccc3Cl)cn12. The number of thiazole rings is 1. The molecule has 4 rings (SSSR count). The largest absolute Gasteiger partial charge is 0.348 e. The van der Waals surface area contributed by atoms with Gasteiger partial charge in [-0.3, -0.25) is 14.2 Å². The molecular formula is C20H17ClN4OS. The van der Waals surface area contributed by atoms with Gasteiger partial charge in [-0.25, -0.2) is 4.98 Å². The van der Waals surface area contributed by atoms with Crippen molar-refractivity contribution >= 4 is 33.8 Å². The minimum Gasteiger partial charge on any atom is -0.348 e. The molecule has 0 aliphatic carbocycles. The molecule has 3 heterocycles. The number of rotatable bonds is 5. The van der Waals surface area contributed by atoms with Crippen LogP contribution in [0, 0.1) is 0 Å². The van der Waals surface area contributed by atoms with Crippen LogP contribution in [-0.2, 0) is 6.42 Å². The molecular weight excluding hydrogens is 380 g/mol. The first-order valence-corrected chi connectivity index (χ1v) is 9.79. The van der Waals surface area contributed by atoms with E-state index in [1.807, 2.05) is 59.3 Å². The topological polar surface area (TPSA) is 59.3 Å². The van der Waals surface area contributed by atoms with E-state index < -0.39 is 0 Å².